The van der Waals surface area contributed by atoms with E-state index in [9.17, 15) is 4.79 Å². The van der Waals surface area contributed by atoms with Gasteiger partial charge >= 0.3 is 0 Å². The number of carbonyl (C=O) groups is 1. The first kappa shape index (κ1) is 13.2. The van der Waals surface area contributed by atoms with Gasteiger partial charge < -0.3 is 4.90 Å². The predicted octanol–water partition coefficient (Wildman–Crippen LogP) is 2.90. The fraction of sp³-hybridized carbons (Fsp3) is 0.667. The first-order valence-corrected chi connectivity index (χ1v) is 6.62. The summed E-state index contributed by atoms with van der Waals surface area (Å²) in [6.07, 6.45) is 0. The summed E-state index contributed by atoms with van der Waals surface area (Å²) in [4.78, 5) is 18.1. The molecule has 0 spiro atoms. The van der Waals surface area contributed by atoms with Gasteiger partial charge in [-0.3, -0.25) is 4.79 Å². The number of nitrogens with zero attached hydrogens (tertiary/aromatic N) is 2. The summed E-state index contributed by atoms with van der Waals surface area (Å²) in [5.41, 5.74) is 2.28. The molecule has 16 heavy (non-hydrogen) atoms. The number of carbonyl (C=O) groups excluding carboxylic acids is 1. The molecule has 0 atom stereocenters. The molecule has 0 saturated carbocycles. The van der Waals surface area contributed by atoms with Gasteiger partial charge in [-0.25, -0.2) is 4.98 Å². The Morgan fingerprint density at radius 1 is 1.31 bits per heavy atom. The topological polar surface area (TPSA) is 33.2 Å². The Labute approximate surface area is 101 Å². The van der Waals surface area contributed by atoms with Crippen molar-refractivity contribution >= 4 is 17.2 Å². The van der Waals surface area contributed by atoms with Crippen LogP contribution in [0.2, 0.25) is 0 Å². The van der Waals surface area contributed by atoms with Crippen LogP contribution in [0.1, 0.15) is 38.2 Å². The van der Waals surface area contributed by atoms with E-state index >= 15 is 0 Å². The van der Waals surface area contributed by atoms with Crippen molar-refractivity contribution in [2.45, 2.75) is 27.7 Å². The summed E-state index contributed by atoms with van der Waals surface area (Å²) >= 11 is 1.46. The van der Waals surface area contributed by atoms with Crippen LogP contribution in [0.3, 0.4) is 0 Å². The molecule has 3 nitrogen and oxygen atoms in total. The molecule has 0 fully saturated rings. The predicted molar refractivity (Wildman–Crippen MR) is 67.7 cm³/mol. The molecule has 1 heterocycles. The van der Waals surface area contributed by atoms with E-state index in [2.05, 4.69) is 32.7 Å². The van der Waals surface area contributed by atoms with Crippen LogP contribution in [0.4, 0.5) is 0 Å². The van der Waals surface area contributed by atoms with E-state index in [1.165, 1.54) is 11.3 Å². The van der Waals surface area contributed by atoms with Crippen molar-refractivity contribution in [1.82, 2.24) is 9.88 Å². The molecular formula is C12H20N2OS. The maximum atomic E-state index is 12.1. The van der Waals surface area contributed by atoms with Crippen molar-refractivity contribution in [3.8, 4) is 0 Å². The molecule has 90 valence electrons. The summed E-state index contributed by atoms with van der Waals surface area (Å²) < 4.78 is 0. The van der Waals surface area contributed by atoms with Crippen molar-refractivity contribution in [2.75, 3.05) is 13.1 Å². The van der Waals surface area contributed by atoms with Gasteiger partial charge in [0.05, 0.1) is 5.51 Å². The number of hydrogen-bond acceptors (Lipinski definition) is 3. The van der Waals surface area contributed by atoms with Crippen molar-refractivity contribution in [2.24, 2.45) is 11.8 Å². The number of amides is 1. The van der Waals surface area contributed by atoms with Crippen molar-refractivity contribution in [3.63, 3.8) is 0 Å². The molecule has 1 amide bonds. The third-order valence-corrected chi connectivity index (χ3v) is 2.70. The first-order chi connectivity index (χ1) is 7.50. The van der Waals surface area contributed by atoms with Crippen LogP contribution < -0.4 is 0 Å². The third kappa shape index (κ3) is 3.93. The van der Waals surface area contributed by atoms with E-state index in [1.54, 1.807) is 5.51 Å². The van der Waals surface area contributed by atoms with Crippen molar-refractivity contribution < 1.29 is 4.79 Å². The summed E-state index contributed by atoms with van der Waals surface area (Å²) in [5, 5.41) is 1.82. The van der Waals surface area contributed by atoms with Gasteiger partial charge in [0.15, 0.2) is 0 Å². The lowest BCUT2D eigenvalue weighted by molar-refractivity contribution is 0.0710. The lowest BCUT2D eigenvalue weighted by atomic mass is 10.1. The smallest absolute Gasteiger partial charge is 0.273 e. The van der Waals surface area contributed by atoms with Gasteiger partial charge in [-0.1, -0.05) is 27.7 Å². The lowest BCUT2D eigenvalue weighted by Crippen LogP contribution is -2.37. The van der Waals surface area contributed by atoms with Crippen LogP contribution in [0, 0.1) is 11.8 Å². The molecule has 4 heteroatoms. The van der Waals surface area contributed by atoms with E-state index in [4.69, 9.17) is 0 Å². The molecule has 0 radical (unpaired) electrons. The molecule has 1 aromatic rings. The van der Waals surface area contributed by atoms with Gasteiger partial charge in [-0.05, 0) is 11.8 Å². The van der Waals surface area contributed by atoms with Crippen LogP contribution in [0.25, 0.3) is 0 Å². The Balaban J connectivity index is 2.71. The Bertz CT molecular complexity index is 310. The number of aromatic nitrogens is 1. The minimum absolute atomic E-state index is 0.0589. The van der Waals surface area contributed by atoms with E-state index in [0.29, 0.717) is 17.5 Å². The van der Waals surface area contributed by atoms with Crippen LogP contribution in [0.15, 0.2) is 10.9 Å². The van der Waals surface area contributed by atoms with Crippen molar-refractivity contribution in [3.05, 3.63) is 16.6 Å². The van der Waals surface area contributed by atoms with E-state index < -0.39 is 0 Å². The average molecular weight is 240 g/mol. The monoisotopic (exact) mass is 240 g/mol. The molecule has 0 aliphatic rings. The standard InChI is InChI=1S/C12H20N2OS/c1-9(2)5-14(6-10(3)4)12(15)11-7-16-8-13-11/h7-10H,5-6H2,1-4H3. The van der Waals surface area contributed by atoms with Crippen molar-refractivity contribution in [1.29, 1.82) is 0 Å². The van der Waals surface area contributed by atoms with Gasteiger partial charge in [0.1, 0.15) is 5.69 Å². The SMILES string of the molecule is CC(C)CN(CC(C)C)C(=O)c1cscn1. The van der Waals surface area contributed by atoms with Gasteiger partial charge in [-0.2, -0.15) is 0 Å². The Morgan fingerprint density at radius 3 is 2.25 bits per heavy atom. The fourth-order valence-electron chi connectivity index (χ4n) is 1.60. The quantitative estimate of drug-likeness (QED) is 0.793. The van der Waals surface area contributed by atoms with E-state index in [1.807, 2.05) is 10.3 Å². The van der Waals surface area contributed by atoms with Gasteiger partial charge in [0.2, 0.25) is 0 Å². The highest BCUT2D eigenvalue weighted by atomic mass is 32.1. The normalized spacial score (nSPS) is 11.1. The zero-order valence-electron chi connectivity index (χ0n) is 10.4. The Hall–Kier alpha value is -0.900. The van der Waals surface area contributed by atoms with E-state index in [0.717, 1.165) is 13.1 Å². The molecule has 0 bridgehead atoms. The summed E-state index contributed by atoms with van der Waals surface area (Å²) in [6.45, 7) is 10.1. The van der Waals surface area contributed by atoms with Gasteiger partial charge in [0, 0.05) is 18.5 Å². The number of thiazole rings is 1. The molecule has 0 aromatic carbocycles. The minimum atomic E-state index is 0.0589. The molecule has 0 aliphatic heterocycles. The Morgan fingerprint density at radius 2 is 1.88 bits per heavy atom. The molecular weight excluding hydrogens is 220 g/mol. The largest absolute Gasteiger partial charge is 0.337 e. The third-order valence-electron chi connectivity index (χ3n) is 2.11. The first-order valence-electron chi connectivity index (χ1n) is 5.68. The molecule has 0 unspecified atom stereocenters. The number of rotatable bonds is 5. The molecule has 1 rings (SSSR count). The molecule has 1 aromatic heterocycles. The average Bonchev–Trinajstić information content (AvgIpc) is 2.66. The highest BCUT2D eigenvalue weighted by Gasteiger charge is 2.19. The second kappa shape index (κ2) is 5.99. The number of hydrogen-bond donors (Lipinski definition) is 0. The molecule has 0 saturated heterocycles. The maximum Gasteiger partial charge on any atom is 0.273 e. The van der Waals surface area contributed by atoms with Gasteiger partial charge in [0.25, 0.3) is 5.91 Å². The minimum Gasteiger partial charge on any atom is -0.337 e. The maximum absolute atomic E-state index is 12.1. The summed E-state index contributed by atoms with van der Waals surface area (Å²) in [7, 11) is 0. The van der Waals surface area contributed by atoms with Crippen LogP contribution in [-0.2, 0) is 0 Å². The second-order valence-corrected chi connectivity index (χ2v) is 5.59. The van der Waals surface area contributed by atoms with Gasteiger partial charge in [-0.15, -0.1) is 11.3 Å². The molecule has 0 N–H and O–H groups in total. The molecule has 0 aliphatic carbocycles. The Kier molecular flexibility index (Phi) is 4.93. The summed E-state index contributed by atoms with van der Waals surface area (Å²) in [5.74, 6) is 1.03. The zero-order chi connectivity index (χ0) is 12.1. The fourth-order valence-corrected chi connectivity index (χ4v) is 2.13. The lowest BCUT2D eigenvalue weighted by Gasteiger charge is -2.25. The van der Waals surface area contributed by atoms with E-state index in [-0.39, 0.29) is 5.91 Å². The zero-order valence-corrected chi connectivity index (χ0v) is 11.3. The highest BCUT2D eigenvalue weighted by molar-refractivity contribution is 7.07. The van der Waals surface area contributed by atoms with Crippen LogP contribution in [0.5, 0.6) is 0 Å². The highest BCUT2D eigenvalue weighted by Crippen LogP contribution is 2.10. The van der Waals surface area contributed by atoms with Crippen LogP contribution >= 0.6 is 11.3 Å². The van der Waals surface area contributed by atoms with Crippen LogP contribution in [-0.4, -0.2) is 28.9 Å². The summed E-state index contributed by atoms with van der Waals surface area (Å²) in [6, 6.07) is 0. The second-order valence-electron chi connectivity index (χ2n) is 4.87.